The SMILES string of the molecule is FC(F)F.[Cu].c1ccc(P(c2ccccc2)c2ccccc2)cc1.c1cnc2c(c1)ccc1cccnc12. The van der Waals surface area contributed by atoms with E-state index in [1.54, 1.807) is 12.4 Å². The molecular formula is C31H24CuF3N2P. The minimum atomic E-state index is -3.67. The third-order valence-corrected chi connectivity index (χ3v) is 7.83. The molecule has 195 valence electrons. The van der Waals surface area contributed by atoms with Crippen LogP contribution in [0.15, 0.2) is 140 Å². The minimum absolute atomic E-state index is 0. The van der Waals surface area contributed by atoms with Crippen molar-refractivity contribution in [2.24, 2.45) is 0 Å². The molecule has 0 N–H and O–H groups in total. The van der Waals surface area contributed by atoms with Gasteiger partial charge in [0.15, 0.2) is 0 Å². The number of alkyl halides is 3. The molecule has 0 aliphatic rings. The number of halogens is 3. The van der Waals surface area contributed by atoms with Gasteiger partial charge in [0.25, 0.3) is 0 Å². The standard InChI is InChI=1S/C18H15P.C12H8N2.CHF3.Cu/c1-4-10-16(11-5-1)19(17-12-6-2-7-13-17)18-14-8-3-9-15-18;1-3-9-5-6-10-4-2-8-14-12(10)11(9)13-7-1;2-1(3)4;/h1-15H;1-8H;1H;. The van der Waals surface area contributed by atoms with Crippen LogP contribution in [-0.4, -0.2) is 16.6 Å². The fraction of sp³-hybridized carbons (Fsp3) is 0.0323. The van der Waals surface area contributed by atoms with Crippen LogP contribution in [0.4, 0.5) is 13.2 Å². The van der Waals surface area contributed by atoms with Crippen LogP contribution >= 0.6 is 7.92 Å². The zero-order valence-electron chi connectivity index (χ0n) is 20.1. The molecule has 0 spiro atoms. The van der Waals surface area contributed by atoms with Gasteiger partial charge < -0.3 is 0 Å². The van der Waals surface area contributed by atoms with E-state index in [0.29, 0.717) is 0 Å². The van der Waals surface area contributed by atoms with Crippen molar-refractivity contribution in [3.8, 4) is 0 Å². The summed E-state index contributed by atoms with van der Waals surface area (Å²) in [6.07, 6.45) is 3.60. The third kappa shape index (κ3) is 7.97. The van der Waals surface area contributed by atoms with Gasteiger partial charge in [0.1, 0.15) is 0 Å². The smallest absolute Gasteiger partial charge is 0.254 e. The number of hydrogen-bond donors (Lipinski definition) is 0. The van der Waals surface area contributed by atoms with Gasteiger partial charge in [-0.15, -0.1) is 0 Å². The molecule has 0 atom stereocenters. The molecule has 4 aromatic carbocycles. The maximum Gasteiger partial charge on any atom is 0.379 e. The van der Waals surface area contributed by atoms with Crippen molar-refractivity contribution in [1.29, 1.82) is 0 Å². The van der Waals surface area contributed by atoms with Crippen LogP contribution in [0.5, 0.6) is 0 Å². The predicted molar refractivity (Wildman–Crippen MR) is 149 cm³/mol. The van der Waals surface area contributed by atoms with Crippen molar-refractivity contribution in [3.63, 3.8) is 0 Å². The Balaban J connectivity index is 0.000000186. The van der Waals surface area contributed by atoms with Gasteiger partial charge in [-0.05, 0) is 36.0 Å². The maximum atomic E-state index is 9.67. The summed E-state index contributed by atoms with van der Waals surface area (Å²) in [5, 5.41) is 6.47. The molecule has 0 amide bonds. The number of aromatic nitrogens is 2. The molecule has 0 saturated carbocycles. The average Bonchev–Trinajstić information content (AvgIpc) is 2.95. The van der Waals surface area contributed by atoms with Crippen LogP contribution in [0.1, 0.15) is 0 Å². The van der Waals surface area contributed by atoms with E-state index >= 15 is 0 Å². The second-order valence-electron chi connectivity index (χ2n) is 7.81. The summed E-state index contributed by atoms with van der Waals surface area (Å²) in [6, 6.07) is 44.5. The van der Waals surface area contributed by atoms with Crippen molar-refractivity contribution in [1.82, 2.24) is 9.97 Å². The number of benzene rings is 4. The van der Waals surface area contributed by atoms with Crippen molar-refractivity contribution in [2.75, 3.05) is 0 Å². The molecule has 0 unspecified atom stereocenters. The third-order valence-electron chi connectivity index (χ3n) is 5.39. The second kappa shape index (κ2) is 15.0. The molecule has 0 fully saturated rings. The summed E-state index contributed by atoms with van der Waals surface area (Å²) >= 11 is 0. The molecule has 0 aliphatic carbocycles. The first-order chi connectivity index (χ1) is 18.1. The summed E-state index contributed by atoms with van der Waals surface area (Å²) in [7, 11) is -0.446. The van der Waals surface area contributed by atoms with Crippen molar-refractivity contribution in [3.05, 3.63) is 140 Å². The summed E-state index contributed by atoms with van der Waals surface area (Å²) < 4.78 is 29.0. The van der Waals surface area contributed by atoms with E-state index in [9.17, 15) is 13.2 Å². The number of nitrogens with zero attached hydrogens (tertiary/aromatic N) is 2. The maximum absolute atomic E-state index is 9.67. The van der Waals surface area contributed by atoms with Gasteiger partial charge in [-0.2, -0.15) is 13.2 Å². The number of hydrogen-bond acceptors (Lipinski definition) is 2. The Kier molecular flexibility index (Phi) is 11.4. The van der Waals surface area contributed by atoms with Crippen molar-refractivity contribution < 1.29 is 30.2 Å². The molecular weight excluding hydrogens is 552 g/mol. The Morgan fingerprint density at radius 1 is 0.447 bits per heavy atom. The average molecular weight is 576 g/mol. The molecule has 6 aromatic rings. The fourth-order valence-electron chi connectivity index (χ4n) is 3.86. The van der Waals surface area contributed by atoms with Crippen LogP contribution in [0.3, 0.4) is 0 Å². The topological polar surface area (TPSA) is 25.8 Å². The quantitative estimate of drug-likeness (QED) is 0.125. The van der Waals surface area contributed by atoms with Crippen LogP contribution in [0.2, 0.25) is 0 Å². The first kappa shape index (κ1) is 29.0. The summed E-state index contributed by atoms with van der Waals surface area (Å²) in [4.78, 5) is 8.69. The molecule has 2 nitrogen and oxygen atoms in total. The fourth-order valence-corrected chi connectivity index (χ4v) is 6.16. The van der Waals surface area contributed by atoms with E-state index in [-0.39, 0.29) is 17.1 Å². The molecule has 0 bridgehead atoms. The molecule has 0 aliphatic heterocycles. The molecule has 1 radical (unpaired) electrons. The van der Waals surface area contributed by atoms with Gasteiger partial charge in [-0.25, -0.2) is 0 Å². The van der Waals surface area contributed by atoms with Crippen LogP contribution in [0, 0.1) is 0 Å². The van der Waals surface area contributed by atoms with Gasteiger partial charge in [0.05, 0.1) is 11.0 Å². The van der Waals surface area contributed by atoms with Crippen molar-refractivity contribution in [2.45, 2.75) is 6.68 Å². The first-order valence-corrected chi connectivity index (χ1v) is 12.9. The molecule has 6 rings (SSSR count). The van der Waals surface area contributed by atoms with Crippen LogP contribution in [-0.2, 0) is 17.1 Å². The summed E-state index contributed by atoms with van der Waals surface area (Å²) in [6.45, 7) is -3.67. The Hall–Kier alpha value is -3.56. The Morgan fingerprint density at radius 2 is 0.763 bits per heavy atom. The van der Waals surface area contributed by atoms with E-state index in [4.69, 9.17) is 0 Å². The van der Waals surface area contributed by atoms with Crippen LogP contribution in [0.25, 0.3) is 21.8 Å². The van der Waals surface area contributed by atoms with Gasteiger partial charge in [-0.1, -0.05) is 115 Å². The van der Waals surface area contributed by atoms with Gasteiger partial charge in [0.2, 0.25) is 0 Å². The molecule has 2 heterocycles. The first-order valence-electron chi connectivity index (χ1n) is 11.6. The summed E-state index contributed by atoms with van der Waals surface area (Å²) in [5.74, 6) is 0. The van der Waals surface area contributed by atoms with E-state index in [0.717, 1.165) is 21.8 Å². The zero-order chi connectivity index (χ0) is 25.9. The van der Waals surface area contributed by atoms with Crippen LogP contribution < -0.4 is 15.9 Å². The molecule has 0 saturated heterocycles. The molecule has 2 aromatic heterocycles. The van der Waals surface area contributed by atoms with E-state index in [2.05, 4.69) is 125 Å². The molecule has 7 heteroatoms. The Bertz CT molecular complexity index is 1370. The number of fused-ring (bicyclic) bond motifs is 3. The van der Waals surface area contributed by atoms with E-state index < -0.39 is 14.6 Å². The molecule has 38 heavy (non-hydrogen) atoms. The van der Waals surface area contributed by atoms with E-state index in [1.165, 1.54) is 15.9 Å². The Labute approximate surface area is 231 Å². The normalized spacial score (nSPS) is 10.2. The Morgan fingerprint density at radius 3 is 1.08 bits per heavy atom. The largest absolute Gasteiger partial charge is 0.379 e. The minimum Gasteiger partial charge on any atom is -0.254 e. The zero-order valence-corrected chi connectivity index (χ0v) is 22.0. The summed E-state index contributed by atoms with van der Waals surface area (Å²) in [5.41, 5.74) is 1.95. The van der Waals surface area contributed by atoms with E-state index in [1.807, 2.05) is 12.1 Å². The second-order valence-corrected chi connectivity index (χ2v) is 10.0. The predicted octanol–water partition coefficient (Wildman–Crippen LogP) is 7.40. The van der Waals surface area contributed by atoms with Gasteiger partial charge in [-0.3, -0.25) is 9.97 Å². The van der Waals surface area contributed by atoms with Gasteiger partial charge in [0, 0.05) is 40.2 Å². The number of pyridine rings is 2. The van der Waals surface area contributed by atoms with Crippen molar-refractivity contribution >= 4 is 45.6 Å². The van der Waals surface area contributed by atoms with Gasteiger partial charge >= 0.3 is 6.68 Å². The monoisotopic (exact) mass is 575 g/mol. The number of rotatable bonds is 3.